The minimum absolute atomic E-state index is 0.00494. The Morgan fingerprint density at radius 1 is 0.729 bits per heavy atom. The van der Waals surface area contributed by atoms with Gasteiger partial charge in [-0.25, -0.2) is 0 Å². The van der Waals surface area contributed by atoms with E-state index >= 15 is 4.79 Å². The van der Waals surface area contributed by atoms with Crippen LogP contribution in [0.1, 0.15) is 60.4 Å². The summed E-state index contributed by atoms with van der Waals surface area (Å²) in [5.74, 6) is -1.14. The monoisotopic (exact) mass is 817 g/mol. The lowest BCUT2D eigenvalue weighted by Crippen LogP contribution is -2.19. The van der Waals surface area contributed by atoms with Crippen molar-refractivity contribution in [2.75, 3.05) is 78.9 Å². The van der Waals surface area contributed by atoms with Crippen LogP contribution in [-0.4, -0.2) is 106 Å². The van der Waals surface area contributed by atoms with E-state index in [1.165, 1.54) is 13.2 Å². The number of carbonyl (C=O) groups excluding carboxylic acids is 2. The standard InChI is InChI=1S/C44H51NO14/c1-24-18-28-27(6-4-12-58-32(50)8-14-57-17-16-54-2)42(52)38-30(45-9-15-59-33(51)7-13-56-11-5-10-46)20-25(22-47)34-35-26(23-48)21-31(49)39-41(35)37(36(28)40(34)38)29(19-24)44(55-3)43(39)53/h18,20-21,45-48,53H,4-17,19,22-23H2,1-3H3. The van der Waals surface area contributed by atoms with E-state index in [1.807, 2.05) is 13.0 Å². The summed E-state index contributed by atoms with van der Waals surface area (Å²) in [7, 11) is 2.97. The number of phenols is 1. The summed E-state index contributed by atoms with van der Waals surface area (Å²) in [6.45, 7) is 2.37. The third-order valence-electron chi connectivity index (χ3n) is 10.6. The molecule has 0 radical (unpaired) electrons. The van der Waals surface area contributed by atoms with E-state index in [0.29, 0.717) is 99.3 Å². The lowest BCUT2D eigenvalue weighted by Gasteiger charge is -2.25. The van der Waals surface area contributed by atoms with Gasteiger partial charge in [0.25, 0.3) is 0 Å². The molecule has 0 aliphatic heterocycles. The Labute approximate surface area is 339 Å². The second-order valence-electron chi connectivity index (χ2n) is 14.4. The Morgan fingerprint density at radius 3 is 2.05 bits per heavy atom. The highest BCUT2D eigenvalue weighted by Gasteiger charge is 2.32. The predicted molar refractivity (Wildman–Crippen MR) is 222 cm³/mol. The number of allylic oxidation sites excluding steroid dienone is 1. The number of nitrogens with one attached hydrogen (secondary N) is 1. The van der Waals surface area contributed by atoms with Gasteiger partial charge in [0.2, 0.25) is 0 Å². The van der Waals surface area contributed by atoms with E-state index in [-0.39, 0.29) is 92.1 Å². The number of anilines is 1. The molecule has 5 aromatic rings. The number of methoxy groups -OCH3 is 2. The van der Waals surface area contributed by atoms with Gasteiger partial charge in [0.05, 0.1) is 77.0 Å². The molecule has 1 aliphatic carbocycles. The Kier molecular flexibility index (Phi) is 14.5. The van der Waals surface area contributed by atoms with Gasteiger partial charge in [-0.2, -0.15) is 0 Å². The van der Waals surface area contributed by atoms with Crippen LogP contribution in [0.3, 0.4) is 0 Å². The van der Waals surface area contributed by atoms with Crippen LogP contribution >= 0.6 is 0 Å². The lowest BCUT2D eigenvalue weighted by atomic mass is 9.80. The zero-order valence-corrected chi connectivity index (χ0v) is 33.6. The maximum Gasteiger partial charge on any atom is 0.308 e. The summed E-state index contributed by atoms with van der Waals surface area (Å²) in [5, 5.41) is 48.8. The molecule has 59 heavy (non-hydrogen) atoms. The van der Waals surface area contributed by atoms with Crippen LogP contribution in [-0.2, 0) is 59.3 Å². The highest BCUT2D eigenvalue weighted by Crippen LogP contribution is 2.53. The molecule has 0 bridgehead atoms. The molecule has 0 aromatic heterocycles. The van der Waals surface area contributed by atoms with Crippen LogP contribution in [0.15, 0.2) is 27.3 Å². The average Bonchev–Trinajstić information content (AvgIpc) is 3.37. The summed E-state index contributed by atoms with van der Waals surface area (Å²) in [4.78, 5) is 53.8. The van der Waals surface area contributed by atoms with Crippen molar-refractivity contribution in [1.29, 1.82) is 0 Å². The van der Waals surface area contributed by atoms with Gasteiger partial charge in [0.1, 0.15) is 6.61 Å². The summed E-state index contributed by atoms with van der Waals surface area (Å²) in [6, 6.07) is 2.91. The zero-order valence-electron chi connectivity index (χ0n) is 33.6. The van der Waals surface area contributed by atoms with E-state index < -0.39 is 30.6 Å². The van der Waals surface area contributed by atoms with Crippen molar-refractivity contribution in [3.63, 3.8) is 0 Å². The molecule has 316 valence electrons. The molecule has 5 aromatic carbocycles. The second-order valence-corrected chi connectivity index (χ2v) is 14.4. The Balaban J connectivity index is 1.51. The molecule has 0 spiro atoms. The first-order chi connectivity index (χ1) is 28.6. The fourth-order valence-electron chi connectivity index (χ4n) is 8.12. The number of phenolic OH excluding ortho intramolecular Hbond substituents is 1. The number of benzene rings is 5. The van der Waals surface area contributed by atoms with Crippen LogP contribution < -0.4 is 20.9 Å². The molecule has 0 atom stereocenters. The molecule has 5 N–H and O–H groups in total. The first kappa shape index (κ1) is 43.4. The van der Waals surface area contributed by atoms with Crippen molar-refractivity contribution in [2.24, 2.45) is 0 Å². The fourth-order valence-corrected chi connectivity index (χ4v) is 8.12. The molecule has 0 unspecified atom stereocenters. The van der Waals surface area contributed by atoms with E-state index in [4.69, 9.17) is 33.5 Å². The number of ether oxygens (including phenoxy) is 6. The number of rotatable bonds is 23. The van der Waals surface area contributed by atoms with Crippen LogP contribution in [0.5, 0.6) is 11.5 Å². The van der Waals surface area contributed by atoms with Crippen molar-refractivity contribution < 1.29 is 58.4 Å². The molecule has 15 nitrogen and oxygen atoms in total. The number of aromatic hydroxyl groups is 1. The summed E-state index contributed by atoms with van der Waals surface area (Å²) < 4.78 is 32.4. The molecule has 0 fully saturated rings. The van der Waals surface area contributed by atoms with Crippen molar-refractivity contribution in [2.45, 2.75) is 58.7 Å². The number of esters is 2. The van der Waals surface area contributed by atoms with Gasteiger partial charge in [-0.05, 0) is 83.0 Å². The molecule has 6 rings (SSSR count). The summed E-state index contributed by atoms with van der Waals surface area (Å²) in [5.41, 5.74) is 2.65. The van der Waals surface area contributed by atoms with E-state index in [1.54, 1.807) is 13.2 Å². The number of hydrogen-bond acceptors (Lipinski definition) is 15. The summed E-state index contributed by atoms with van der Waals surface area (Å²) >= 11 is 0. The van der Waals surface area contributed by atoms with Gasteiger partial charge in [-0.1, -0.05) is 11.6 Å². The van der Waals surface area contributed by atoms with E-state index in [0.717, 1.165) is 5.57 Å². The number of aliphatic hydroxyl groups excluding tert-OH is 3. The molecular formula is C44H51NO14. The molecule has 0 saturated heterocycles. The van der Waals surface area contributed by atoms with E-state index in [9.17, 15) is 29.7 Å². The molecule has 0 amide bonds. The molecule has 0 saturated carbocycles. The summed E-state index contributed by atoms with van der Waals surface area (Å²) in [6.07, 6.45) is 3.27. The predicted octanol–water partition coefficient (Wildman–Crippen LogP) is 3.83. The zero-order chi connectivity index (χ0) is 42.2. The largest absolute Gasteiger partial charge is 0.504 e. The van der Waals surface area contributed by atoms with Crippen LogP contribution in [0, 0.1) is 0 Å². The molecular weight excluding hydrogens is 766 g/mol. The second kappa shape index (κ2) is 19.7. The number of fused-ring (bicyclic) bond motifs is 1. The number of carbonyl (C=O) groups is 2. The first-order valence-electron chi connectivity index (χ1n) is 19.7. The average molecular weight is 818 g/mol. The van der Waals surface area contributed by atoms with Gasteiger partial charge in [-0.3, -0.25) is 19.2 Å². The smallest absolute Gasteiger partial charge is 0.308 e. The van der Waals surface area contributed by atoms with Crippen LogP contribution in [0.25, 0.3) is 49.2 Å². The van der Waals surface area contributed by atoms with Gasteiger partial charge < -0.3 is 54.2 Å². The number of hydrogen-bond donors (Lipinski definition) is 5. The fraction of sp³-hybridized carbons (Fsp3) is 0.455. The van der Waals surface area contributed by atoms with Crippen molar-refractivity contribution in [3.05, 3.63) is 66.0 Å². The third kappa shape index (κ3) is 8.76. The topological polar surface area (TPSA) is 217 Å². The molecule has 1 aliphatic rings. The van der Waals surface area contributed by atoms with Crippen LogP contribution in [0.2, 0.25) is 0 Å². The molecule has 15 heteroatoms. The van der Waals surface area contributed by atoms with Gasteiger partial charge >= 0.3 is 11.9 Å². The molecule has 0 heterocycles. The van der Waals surface area contributed by atoms with E-state index in [2.05, 4.69) is 5.32 Å². The highest BCUT2D eigenvalue weighted by atomic mass is 16.5. The third-order valence-corrected chi connectivity index (χ3v) is 10.6. The lowest BCUT2D eigenvalue weighted by molar-refractivity contribution is -0.145. The maximum atomic E-state index is 15.1. The maximum absolute atomic E-state index is 15.1. The Bertz CT molecular complexity index is 2480. The van der Waals surface area contributed by atoms with Gasteiger partial charge in [-0.15, -0.1) is 0 Å². The highest BCUT2D eigenvalue weighted by molar-refractivity contribution is 6.38. The minimum atomic E-state index is -0.536. The normalized spacial score (nSPS) is 12.5. The quantitative estimate of drug-likeness (QED) is 0.0274. The van der Waals surface area contributed by atoms with Crippen LogP contribution in [0.4, 0.5) is 5.69 Å². The van der Waals surface area contributed by atoms with Crippen molar-refractivity contribution in [1.82, 2.24) is 0 Å². The van der Waals surface area contributed by atoms with Crippen molar-refractivity contribution in [3.8, 4) is 11.5 Å². The van der Waals surface area contributed by atoms with Gasteiger partial charge in [0, 0.05) is 54.5 Å². The van der Waals surface area contributed by atoms with Crippen molar-refractivity contribution >= 4 is 66.8 Å². The minimum Gasteiger partial charge on any atom is -0.504 e. The first-order valence-corrected chi connectivity index (χ1v) is 19.7. The van der Waals surface area contributed by atoms with Gasteiger partial charge in [0.15, 0.2) is 22.4 Å². The SMILES string of the molecule is COCCOCCC(=O)OCCCc1c2c3c4c(c(OC)c(O)c5c(=O)cc(CO)c(c6c(CO)cc(NCCOC(=O)CCOCCCO)c(c1=O)c63)c54)CC(C)=C2. The Morgan fingerprint density at radius 2 is 1.39 bits per heavy atom. The number of aliphatic hydroxyl groups is 3. The Hall–Kier alpha value is -5.16.